The number of hydrogen-bond donors (Lipinski definition) is 2. The number of nitrogens with one attached hydrogen (secondary N) is 2. The number of halogens is 2. The van der Waals surface area contributed by atoms with Crippen LogP contribution in [-0.2, 0) is 19.4 Å². The van der Waals surface area contributed by atoms with Gasteiger partial charge in [-0.1, -0.05) is 6.07 Å². The first-order chi connectivity index (χ1) is 14.4. The van der Waals surface area contributed by atoms with Crippen molar-refractivity contribution in [1.82, 2.24) is 15.2 Å². The molecule has 0 spiro atoms. The third-order valence-electron chi connectivity index (χ3n) is 6.29. The quantitative estimate of drug-likeness (QED) is 0.683. The number of hydrogen-bond acceptors (Lipinski definition) is 3. The number of likely N-dealkylation sites (N-methyl/N-ethyl adjacent to an activating group) is 1. The molecule has 3 aromatic rings. The van der Waals surface area contributed by atoms with Gasteiger partial charge >= 0.3 is 0 Å². The Morgan fingerprint density at radius 3 is 2.60 bits per heavy atom. The standard InChI is InChI=1S/C23H21F2N3O2/c1-28(23(30)14-6-5-12-3-2-4-13(12)7-14)20-11-26-10-19-21(20)15-8-17(24)18(25)9-16(15)22(29)27-19/h5-9,20,26H,2-4,10-11H2,1H3,(H,27,29). The van der Waals surface area contributed by atoms with Crippen LogP contribution < -0.4 is 10.9 Å². The van der Waals surface area contributed by atoms with Crippen molar-refractivity contribution < 1.29 is 13.6 Å². The van der Waals surface area contributed by atoms with Crippen molar-refractivity contribution >= 4 is 16.7 Å². The van der Waals surface area contributed by atoms with Gasteiger partial charge in [-0.3, -0.25) is 9.59 Å². The van der Waals surface area contributed by atoms with E-state index in [2.05, 4.69) is 10.3 Å². The molecular formula is C23H21F2N3O2. The minimum atomic E-state index is -1.07. The fourth-order valence-electron chi connectivity index (χ4n) is 4.73. The highest BCUT2D eigenvalue weighted by Gasteiger charge is 2.31. The van der Waals surface area contributed by atoms with E-state index in [0.29, 0.717) is 35.3 Å². The summed E-state index contributed by atoms with van der Waals surface area (Å²) in [7, 11) is 1.70. The summed E-state index contributed by atoms with van der Waals surface area (Å²) < 4.78 is 27.8. The number of rotatable bonds is 2. The molecule has 5 rings (SSSR count). The Labute approximate surface area is 171 Å². The topological polar surface area (TPSA) is 65.2 Å². The third kappa shape index (κ3) is 2.92. The van der Waals surface area contributed by atoms with Gasteiger partial charge in [0.2, 0.25) is 0 Å². The van der Waals surface area contributed by atoms with Crippen LogP contribution in [0, 0.1) is 11.6 Å². The van der Waals surface area contributed by atoms with E-state index in [4.69, 9.17) is 0 Å². The lowest BCUT2D eigenvalue weighted by molar-refractivity contribution is 0.0723. The molecule has 0 radical (unpaired) electrons. The Morgan fingerprint density at radius 2 is 1.80 bits per heavy atom. The molecule has 5 nitrogen and oxygen atoms in total. The highest BCUT2D eigenvalue weighted by atomic mass is 19.2. The van der Waals surface area contributed by atoms with Crippen molar-refractivity contribution in [3.63, 3.8) is 0 Å². The van der Waals surface area contributed by atoms with Crippen molar-refractivity contribution in [2.45, 2.75) is 31.8 Å². The summed E-state index contributed by atoms with van der Waals surface area (Å²) in [4.78, 5) is 30.1. The molecule has 1 aliphatic carbocycles. The van der Waals surface area contributed by atoms with Crippen LogP contribution in [0.2, 0.25) is 0 Å². The van der Waals surface area contributed by atoms with Crippen LogP contribution in [0.3, 0.4) is 0 Å². The third-order valence-corrected chi connectivity index (χ3v) is 6.29. The molecule has 1 atom stereocenters. The number of benzene rings is 2. The molecule has 2 heterocycles. The Balaban J connectivity index is 1.60. The molecule has 1 aromatic heterocycles. The van der Waals surface area contributed by atoms with E-state index in [1.807, 2.05) is 18.2 Å². The molecule has 2 N–H and O–H groups in total. The summed E-state index contributed by atoms with van der Waals surface area (Å²) >= 11 is 0. The molecule has 2 aliphatic rings. The summed E-state index contributed by atoms with van der Waals surface area (Å²) in [6.07, 6.45) is 3.12. The Hall–Kier alpha value is -3.06. The van der Waals surface area contributed by atoms with Crippen molar-refractivity contribution in [2.24, 2.45) is 0 Å². The fourth-order valence-corrected chi connectivity index (χ4v) is 4.73. The lowest BCUT2D eigenvalue weighted by Gasteiger charge is -2.34. The molecule has 2 aromatic carbocycles. The highest BCUT2D eigenvalue weighted by molar-refractivity contribution is 5.95. The number of fused-ring (bicyclic) bond motifs is 4. The zero-order valence-corrected chi connectivity index (χ0v) is 16.5. The van der Waals surface area contributed by atoms with Crippen LogP contribution in [0.4, 0.5) is 8.78 Å². The molecule has 30 heavy (non-hydrogen) atoms. The van der Waals surface area contributed by atoms with Gasteiger partial charge in [-0.25, -0.2) is 8.78 Å². The number of pyridine rings is 1. The normalized spacial score (nSPS) is 17.6. The molecular weight excluding hydrogens is 388 g/mol. The van der Waals surface area contributed by atoms with Gasteiger partial charge < -0.3 is 15.2 Å². The Bertz CT molecular complexity index is 1250. The van der Waals surface area contributed by atoms with Gasteiger partial charge in [0.15, 0.2) is 11.6 Å². The molecule has 1 unspecified atom stereocenters. The summed E-state index contributed by atoms with van der Waals surface area (Å²) in [5, 5.41) is 3.63. The van der Waals surface area contributed by atoms with Crippen molar-refractivity contribution in [2.75, 3.05) is 13.6 Å². The Kier molecular flexibility index (Phi) is 4.43. The second kappa shape index (κ2) is 7.02. The van der Waals surface area contributed by atoms with Gasteiger partial charge in [-0.15, -0.1) is 0 Å². The van der Waals surface area contributed by atoms with E-state index in [1.165, 1.54) is 11.1 Å². The predicted molar refractivity (Wildman–Crippen MR) is 109 cm³/mol. The zero-order chi connectivity index (χ0) is 21.0. The maximum absolute atomic E-state index is 14.0. The molecule has 0 saturated heterocycles. The molecule has 0 fully saturated rings. The lowest BCUT2D eigenvalue weighted by atomic mass is 9.93. The van der Waals surface area contributed by atoms with Crippen LogP contribution in [0.15, 0.2) is 35.1 Å². The van der Waals surface area contributed by atoms with E-state index in [-0.39, 0.29) is 11.3 Å². The minimum Gasteiger partial charge on any atom is -0.333 e. The van der Waals surface area contributed by atoms with E-state index in [1.54, 1.807) is 11.9 Å². The van der Waals surface area contributed by atoms with Crippen LogP contribution in [-0.4, -0.2) is 29.4 Å². The van der Waals surface area contributed by atoms with Crippen molar-refractivity contribution in [3.8, 4) is 0 Å². The number of aromatic nitrogens is 1. The summed E-state index contributed by atoms with van der Waals surface area (Å²) in [5.41, 5.74) is 3.88. The maximum atomic E-state index is 14.0. The van der Waals surface area contributed by atoms with Crippen LogP contribution in [0.25, 0.3) is 10.8 Å². The molecule has 1 aliphatic heterocycles. The average molecular weight is 409 g/mol. The first-order valence-corrected chi connectivity index (χ1v) is 10.1. The highest BCUT2D eigenvalue weighted by Crippen LogP contribution is 2.33. The summed E-state index contributed by atoms with van der Waals surface area (Å²) in [6, 6.07) is 7.37. The van der Waals surface area contributed by atoms with Crippen molar-refractivity contribution in [1.29, 1.82) is 0 Å². The van der Waals surface area contributed by atoms with Gasteiger partial charge in [0.05, 0.1) is 11.4 Å². The smallest absolute Gasteiger partial charge is 0.256 e. The van der Waals surface area contributed by atoms with Crippen molar-refractivity contribution in [3.05, 3.63) is 80.3 Å². The largest absolute Gasteiger partial charge is 0.333 e. The number of amides is 1. The molecule has 154 valence electrons. The van der Waals surface area contributed by atoms with Gasteiger partial charge in [0.1, 0.15) is 0 Å². The maximum Gasteiger partial charge on any atom is 0.256 e. The molecule has 1 amide bonds. The number of aryl methyl sites for hydroxylation is 2. The fraction of sp³-hybridized carbons (Fsp3) is 0.304. The van der Waals surface area contributed by atoms with E-state index in [9.17, 15) is 18.4 Å². The minimum absolute atomic E-state index is 0.0814. The van der Waals surface area contributed by atoms with E-state index < -0.39 is 23.2 Å². The predicted octanol–water partition coefficient (Wildman–Crippen LogP) is 3.21. The van der Waals surface area contributed by atoms with Gasteiger partial charge in [0, 0.05) is 37.0 Å². The van der Waals surface area contributed by atoms with E-state index in [0.717, 1.165) is 31.4 Å². The number of carbonyl (C=O) groups excluding carboxylic acids is 1. The molecule has 0 bridgehead atoms. The summed E-state index contributed by atoms with van der Waals surface area (Å²) in [5.74, 6) is -2.23. The SMILES string of the molecule is CN(C(=O)c1ccc2c(c1)CCC2)C1CNCc2[nH]c(=O)c3cc(F)c(F)cc3c21. The lowest BCUT2D eigenvalue weighted by Crippen LogP contribution is -2.42. The number of carbonyl (C=O) groups is 1. The first kappa shape index (κ1) is 18.9. The number of H-pyrrole nitrogens is 1. The van der Waals surface area contributed by atoms with Crippen LogP contribution >= 0.6 is 0 Å². The molecule has 0 saturated carbocycles. The van der Waals surface area contributed by atoms with Crippen LogP contribution in [0.5, 0.6) is 0 Å². The Morgan fingerprint density at radius 1 is 1.07 bits per heavy atom. The summed E-state index contributed by atoms with van der Waals surface area (Å²) in [6.45, 7) is 0.831. The van der Waals surface area contributed by atoms with Gasteiger partial charge in [-0.2, -0.15) is 0 Å². The van der Waals surface area contributed by atoms with Crippen LogP contribution in [0.1, 0.15) is 45.2 Å². The second-order valence-electron chi connectivity index (χ2n) is 8.06. The average Bonchev–Trinajstić information content (AvgIpc) is 3.21. The first-order valence-electron chi connectivity index (χ1n) is 10.1. The van der Waals surface area contributed by atoms with E-state index >= 15 is 0 Å². The molecule has 7 heteroatoms. The second-order valence-corrected chi connectivity index (χ2v) is 8.06. The van der Waals surface area contributed by atoms with Gasteiger partial charge in [-0.05, 0) is 60.0 Å². The zero-order valence-electron chi connectivity index (χ0n) is 16.5. The van der Waals surface area contributed by atoms with Gasteiger partial charge in [0.25, 0.3) is 11.5 Å². The monoisotopic (exact) mass is 409 g/mol. The number of aromatic amines is 1. The number of nitrogens with zero attached hydrogens (tertiary/aromatic N) is 1.